The first-order chi connectivity index (χ1) is 41.3. The summed E-state index contributed by atoms with van der Waals surface area (Å²) in [5.74, 6) is 10.0. The smallest absolute Gasteiger partial charge is 0.223 e. The van der Waals surface area contributed by atoms with E-state index in [0.717, 1.165) is 77.8 Å². The summed E-state index contributed by atoms with van der Waals surface area (Å²) in [6.07, 6.45) is 7.34. The van der Waals surface area contributed by atoms with Crippen molar-refractivity contribution in [2.45, 2.75) is 187 Å². The Labute approximate surface area is 527 Å². The van der Waals surface area contributed by atoms with Crippen molar-refractivity contribution in [2.24, 2.45) is 0 Å². The zero-order valence-corrected chi connectivity index (χ0v) is 58.8. The number of hydrogen-bond donors (Lipinski definition) is 3. The minimum Gasteiger partial charge on any atom is -0.449 e. The molecule has 480 valence electrons. The lowest BCUT2D eigenvalue weighted by molar-refractivity contribution is 0.389. The molecule has 0 radical (unpaired) electrons. The summed E-state index contributed by atoms with van der Waals surface area (Å²) in [4.78, 5) is 40.0. The Morgan fingerprint density at radius 3 is 0.805 bits per heavy atom. The van der Waals surface area contributed by atoms with Crippen LogP contribution >= 0.6 is 45.7 Å². The third kappa shape index (κ3) is 47.5. The first-order valence-corrected chi connectivity index (χ1v) is 30.2. The molecule has 3 N–H and O–H groups in total. The number of aromatic amines is 3. The van der Waals surface area contributed by atoms with E-state index in [2.05, 4.69) is 136 Å². The van der Waals surface area contributed by atoms with E-state index in [1.54, 1.807) is 64.2 Å². The summed E-state index contributed by atoms with van der Waals surface area (Å²) in [7, 11) is 0. The van der Waals surface area contributed by atoms with E-state index in [4.69, 9.17) is 13.3 Å². The Morgan fingerprint density at radius 1 is 0.368 bits per heavy atom. The van der Waals surface area contributed by atoms with Gasteiger partial charge >= 0.3 is 0 Å². The first-order valence-electron chi connectivity index (χ1n) is 27.0. The first kappa shape index (κ1) is 82.8. The highest BCUT2D eigenvalue weighted by atomic mass is 32.1. The molecule has 12 aromatic rings. The SMILES string of the molecule is CC.CC.CC.Cc1ncn[nH]1.Cc1ncn[nH]1.Cc1ncn[nH]1.Cc1ncoc1C.Cc1ncoc1C.Cc1ncsc1C.Cc1nnc(C)o1.Cc1nnc(C)s1.Cc1noc(C)n1.Cc1noc(C)n1.Cc1nsc(C)n1.Cc1nsc(C)n1. The molecule has 87 heavy (non-hydrogen) atoms. The molecule has 12 aromatic heterocycles. The second kappa shape index (κ2) is 51.9. The highest BCUT2D eigenvalue weighted by molar-refractivity contribution is 7.11. The maximum atomic E-state index is 4.86. The molecular weight excluding hydrogens is 1190 g/mol. The van der Waals surface area contributed by atoms with E-state index in [-0.39, 0.29) is 0 Å². The Hall–Kier alpha value is -8.43. The molecule has 0 unspecified atom stereocenters. The van der Waals surface area contributed by atoms with Gasteiger partial charge in [-0.25, -0.2) is 39.9 Å². The van der Waals surface area contributed by atoms with E-state index in [1.807, 2.05) is 144 Å². The lowest BCUT2D eigenvalue weighted by Crippen LogP contribution is -1.70. The van der Waals surface area contributed by atoms with Crippen LogP contribution in [-0.2, 0) is 0 Å². The van der Waals surface area contributed by atoms with Gasteiger partial charge in [-0.15, -0.1) is 43.1 Å². The van der Waals surface area contributed by atoms with Gasteiger partial charge in [-0.1, -0.05) is 51.9 Å². The van der Waals surface area contributed by atoms with Gasteiger partial charge in [-0.3, -0.25) is 15.3 Å². The van der Waals surface area contributed by atoms with Crippen LogP contribution in [0.1, 0.15) is 159 Å². The molecule has 12 heterocycles. The van der Waals surface area contributed by atoms with Crippen molar-refractivity contribution in [3.63, 3.8) is 0 Å². The topological polar surface area (TPSA) is 384 Å². The number of aromatic nitrogens is 24. The highest BCUT2D eigenvalue weighted by Gasteiger charge is 1.95. The van der Waals surface area contributed by atoms with Gasteiger partial charge in [0, 0.05) is 32.6 Å². The third-order valence-electron chi connectivity index (χ3n) is 8.33. The molecule has 0 fully saturated rings. The lowest BCUT2D eigenvalue weighted by atomic mass is 10.4. The van der Waals surface area contributed by atoms with E-state index < -0.39 is 0 Å². The van der Waals surface area contributed by atoms with Crippen LogP contribution in [0.4, 0.5) is 0 Å². The number of thiazole rings is 1. The van der Waals surface area contributed by atoms with Crippen LogP contribution in [0.3, 0.4) is 0 Å². The van der Waals surface area contributed by atoms with Crippen molar-refractivity contribution in [1.29, 1.82) is 0 Å². The monoisotopic (exact) mass is 1280 g/mol. The molecule has 33 heteroatoms. The number of aryl methyl sites for hydroxylation is 21. The fourth-order valence-electron chi connectivity index (χ4n) is 4.28. The number of nitrogens with one attached hydrogen (secondary N) is 3. The van der Waals surface area contributed by atoms with Crippen molar-refractivity contribution in [3.05, 3.63) is 155 Å². The fraction of sp³-hybridized carbons (Fsp3) is 0.500. The minimum atomic E-state index is 0.623. The Kier molecular flexibility index (Phi) is 49.4. The molecule has 0 saturated heterocycles. The molecule has 0 saturated carbocycles. The van der Waals surface area contributed by atoms with Gasteiger partial charge in [-0.05, 0) is 141 Å². The molecule has 0 atom stereocenters. The minimum absolute atomic E-state index is 0.623. The number of rotatable bonds is 0. The molecule has 0 aliphatic rings. The molecule has 0 spiro atoms. The van der Waals surface area contributed by atoms with Gasteiger partial charge in [0.05, 0.1) is 22.6 Å². The van der Waals surface area contributed by atoms with Crippen LogP contribution in [0.2, 0.25) is 0 Å². The predicted octanol–water partition coefficient (Wildman–Crippen LogP) is 13.3. The van der Waals surface area contributed by atoms with Crippen molar-refractivity contribution >= 4 is 45.7 Å². The number of nitrogens with zero attached hydrogens (tertiary/aromatic N) is 21. The zero-order chi connectivity index (χ0) is 66.7. The van der Waals surface area contributed by atoms with Crippen LogP contribution in [0.25, 0.3) is 0 Å². The number of hydrogen-bond acceptors (Lipinski definition) is 30. The summed E-state index contributed by atoms with van der Waals surface area (Å²) in [5, 5.41) is 44.7. The maximum absolute atomic E-state index is 4.86. The van der Waals surface area contributed by atoms with Crippen LogP contribution in [-0.4, -0.2) is 120 Å². The summed E-state index contributed by atoms with van der Waals surface area (Å²) in [6, 6.07) is 0. The van der Waals surface area contributed by atoms with Crippen molar-refractivity contribution < 1.29 is 22.3 Å². The van der Waals surface area contributed by atoms with E-state index in [9.17, 15) is 0 Å². The van der Waals surface area contributed by atoms with Gasteiger partial charge in [0.2, 0.25) is 23.6 Å². The van der Waals surface area contributed by atoms with Crippen molar-refractivity contribution in [3.8, 4) is 0 Å². The van der Waals surface area contributed by atoms with Gasteiger partial charge in [0.1, 0.15) is 79.7 Å². The maximum Gasteiger partial charge on any atom is 0.223 e. The van der Waals surface area contributed by atoms with E-state index >= 15 is 0 Å². The fourth-order valence-corrected chi connectivity index (χ4v) is 6.41. The Bertz CT molecular complexity index is 2740. The zero-order valence-electron chi connectivity index (χ0n) is 55.5. The summed E-state index contributed by atoms with van der Waals surface area (Å²) in [6.45, 7) is 51.5. The quantitative estimate of drug-likeness (QED) is 0.127. The Balaban J connectivity index is -0.000000878. The average molecular weight is 1280 g/mol. The molecule has 0 aliphatic carbocycles. The van der Waals surface area contributed by atoms with Gasteiger partial charge < -0.3 is 22.3 Å². The second-order valence-corrected chi connectivity index (χ2v) is 20.2. The standard InChI is InChI=1S/2C5H7NO.C5H7NS.3C4H6N2O.3C4H6N2S.3C3H5N3.3C2H6/c3*1-4-5(2)7-3-6-4;1-3-5-6-4(2)7-3;2*1-3-5-4(2)7-6-3;1-3-5-6-4(2)7-3;2*1-3-5-4(2)7-6-3;3*1-3-4-2-5-6-3;3*1-2/h3*3H,1-2H3;6*1-2H3;3*2H,1H3,(H,4,5,6);3*1-2H3. The van der Waals surface area contributed by atoms with Crippen molar-refractivity contribution in [1.82, 2.24) is 120 Å². The van der Waals surface area contributed by atoms with E-state index in [0.29, 0.717) is 35.2 Å². The van der Waals surface area contributed by atoms with Crippen LogP contribution in [0, 0.1) is 145 Å². The number of oxazole rings is 2. The molecular formula is C54H90N24O5S4. The van der Waals surface area contributed by atoms with Gasteiger partial charge in [0.25, 0.3) is 0 Å². The second-order valence-electron chi connectivity index (χ2n) is 15.8. The highest BCUT2D eigenvalue weighted by Crippen LogP contribution is 2.08. The molecule has 0 aliphatic heterocycles. The Morgan fingerprint density at radius 2 is 0.724 bits per heavy atom. The summed E-state index contributed by atoms with van der Waals surface area (Å²) < 4.78 is 31.7. The molecule has 12 rings (SSSR count). The van der Waals surface area contributed by atoms with E-state index in [1.165, 1.54) is 59.7 Å². The third-order valence-corrected chi connectivity index (χ3v) is 11.4. The molecule has 0 bridgehead atoms. The van der Waals surface area contributed by atoms with Crippen molar-refractivity contribution in [2.75, 3.05) is 0 Å². The molecule has 29 nitrogen and oxygen atoms in total. The number of H-pyrrole nitrogens is 3. The van der Waals surface area contributed by atoms with Crippen LogP contribution < -0.4 is 0 Å². The van der Waals surface area contributed by atoms with Crippen LogP contribution in [0.15, 0.2) is 59.6 Å². The predicted molar refractivity (Wildman–Crippen MR) is 340 cm³/mol. The molecule has 0 aromatic carbocycles. The average Bonchev–Trinajstić information content (AvgIpc) is 4.37. The summed E-state index contributed by atoms with van der Waals surface area (Å²) >= 11 is 6.20. The van der Waals surface area contributed by atoms with Crippen LogP contribution in [0.5, 0.6) is 0 Å². The molecule has 0 amide bonds. The van der Waals surface area contributed by atoms with Gasteiger partial charge in [0.15, 0.2) is 24.4 Å². The largest absolute Gasteiger partial charge is 0.449 e. The lowest BCUT2D eigenvalue weighted by Gasteiger charge is -1.77. The van der Waals surface area contributed by atoms with Gasteiger partial charge in [-0.2, -0.15) is 34.0 Å². The normalized spacial score (nSPS) is 8.86. The summed E-state index contributed by atoms with van der Waals surface area (Å²) in [5.41, 5.74) is 4.97.